The molecule has 2 N–H and O–H groups in total. The first kappa shape index (κ1) is 16.7. The summed E-state index contributed by atoms with van der Waals surface area (Å²) < 4.78 is 5.43. The number of likely N-dealkylation sites (tertiary alicyclic amines) is 1. The van der Waals surface area contributed by atoms with Crippen molar-refractivity contribution in [2.75, 3.05) is 20.2 Å². The monoisotopic (exact) mass is 357 g/mol. The number of Topliss-reactive ketones (excluding diaryl/α,β-unsaturated/α-hetero) is 1. The summed E-state index contributed by atoms with van der Waals surface area (Å²) in [7, 11) is 1.64. The van der Waals surface area contributed by atoms with Crippen LogP contribution in [0, 0.1) is 5.92 Å². The van der Waals surface area contributed by atoms with Gasteiger partial charge in [-0.3, -0.25) is 9.69 Å². The molecule has 0 amide bonds. The van der Waals surface area contributed by atoms with E-state index in [1.54, 1.807) is 7.11 Å². The van der Waals surface area contributed by atoms with Crippen molar-refractivity contribution >= 4 is 5.78 Å². The molecule has 1 heterocycles. The summed E-state index contributed by atoms with van der Waals surface area (Å²) >= 11 is 0. The van der Waals surface area contributed by atoms with E-state index in [0.717, 1.165) is 43.2 Å². The minimum Gasteiger partial charge on any atom is -0.497 e. The largest absolute Gasteiger partial charge is 0.497 e. The summed E-state index contributed by atoms with van der Waals surface area (Å²) in [5.74, 6) is 1.37. The van der Waals surface area contributed by atoms with Crippen LogP contribution in [0.4, 0.5) is 0 Å². The number of methoxy groups -OCH3 is 1. The molecular formula is C21H27NO4. The zero-order valence-electron chi connectivity index (χ0n) is 15.3. The first-order chi connectivity index (χ1) is 12.5. The van der Waals surface area contributed by atoms with Crippen LogP contribution in [0.15, 0.2) is 18.2 Å². The fourth-order valence-corrected chi connectivity index (χ4v) is 5.85. The molecule has 5 rings (SSSR count). The van der Waals surface area contributed by atoms with Gasteiger partial charge < -0.3 is 14.9 Å². The van der Waals surface area contributed by atoms with Gasteiger partial charge in [-0.25, -0.2) is 0 Å². The number of carbonyl (C=O) groups is 1. The molecule has 3 aliphatic carbocycles. The summed E-state index contributed by atoms with van der Waals surface area (Å²) in [6.07, 6.45) is 3.40. The summed E-state index contributed by atoms with van der Waals surface area (Å²) in [6.45, 7) is 1.93. The van der Waals surface area contributed by atoms with Crippen LogP contribution in [0.25, 0.3) is 0 Å². The number of hydrogen-bond acceptors (Lipinski definition) is 5. The number of rotatable bonds is 3. The maximum absolute atomic E-state index is 12.5. The molecule has 1 unspecified atom stereocenters. The third-order valence-electron chi connectivity index (χ3n) is 7.43. The van der Waals surface area contributed by atoms with Crippen molar-refractivity contribution in [1.82, 2.24) is 4.90 Å². The Balaban J connectivity index is 1.65. The van der Waals surface area contributed by atoms with Crippen molar-refractivity contribution in [1.29, 1.82) is 0 Å². The molecule has 1 aromatic rings. The van der Waals surface area contributed by atoms with E-state index in [4.69, 9.17) is 4.74 Å². The lowest BCUT2D eigenvalue weighted by atomic mass is 9.49. The van der Waals surface area contributed by atoms with Gasteiger partial charge in [0.2, 0.25) is 0 Å². The van der Waals surface area contributed by atoms with Crippen LogP contribution in [0.3, 0.4) is 0 Å². The van der Waals surface area contributed by atoms with E-state index in [1.165, 1.54) is 18.4 Å². The Labute approximate surface area is 154 Å². The fourth-order valence-electron chi connectivity index (χ4n) is 5.85. The van der Waals surface area contributed by atoms with Crippen LogP contribution in [0.1, 0.15) is 43.2 Å². The number of hydrogen-bond donors (Lipinski definition) is 2. The van der Waals surface area contributed by atoms with Gasteiger partial charge in [0.05, 0.1) is 12.7 Å². The molecule has 2 bridgehead atoms. The predicted octanol–water partition coefficient (Wildman–Crippen LogP) is 1.43. The molecule has 3 fully saturated rings. The molecule has 5 heteroatoms. The van der Waals surface area contributed by atoms with Crippen LogP contribution in [0.2, 0.25) is 0 Å². The van der Waals surface area contributed by atoms with Gasteiger partial charge in [0.15, 0.2) is 5.78 Å². The number of fused-ring (bicyclic) bond motifs is 1. The van der Waals surface area contributed by atoms with Gasteiger partial charge in [0, 0.05) is 30.8 Å². The summed E-state index contributed by atoms with van der Waals surface area (Å²) in [4.78, 5) is 14.9. The molecule has 1 aromatic carbocycles. The highest BCUT2D eigenvalue weighted by atomic mass is 16.5. The second-order valence-electron chi connectivity index (χ2n) is 8.80. The highest BCUT2D eigenvalue weighted by Crippen LogP contribution is 2.58. The van der Waals surface area contributed by atoms with Crippen LogP contribution in [-0.2, 0) is 16.6 Å². The van der Waals surface area contributed by atoms with E-state index in [2.05, 4.69) is 11.0 Å². The maximum atomic E-state index is 12.5. The van der Waals surface area contributed by atoms with Gasteiger partial charge in [0.25, 0.3) is 0 Å². The van der Waals surface area contributed by atoms with E-state index in [9.17, 15) is 15.0 Å². The van der Waals surface area contributed by atoms with E-state index in [1.807, 2.05) is 12.1 Å². The normalized spacial score (nSPS) is 39.3. The molecule has 1 aliphatic heterocycles. The number of ether oxygens (including phenoxy) is 1. The zero-order valence-corrected chi connectivity index (χ0v) is 15.3. The van der Waals surface area contributed by atoms with Crippen molar-refractivity contribution in [2.45, 2.75) is 61.7 Å². The van der Waals surface area contributed by atoms with Crippen LogP contribution in [0.5, 0.6) is 5.75 Å². The third kappa shape index (κ3) is 2.17. The topological polar surface area (TPSA) is 70.0 Å². The lowest BCUT2D eigenvalue weighted by Crippen LogP contribution is -2.75. The minimum atomic E-state index is -1.06. The zero-order chi connectivity index (χ0) is 18.1. The molecule has 0 radical (unpaired) electrons. The molecule has 1 saturated heterocycles. The van der Waals surface area contributed by atoms with E-state index >= 15 is 0 Å². The molecule has 140 valence electrons. The summed E-state index contributed by atoms with van der Waals surface area (Å²) in [5, 5.41) is 22.3. The molecule has 0 aromatic heterocycles. The standard InChI is InChI=1S/C21H27NO4/c1-26-15-5-4-14-8-19-21(25)11-18(24)17(23)10-20(21,16(14)9-15)6-7-22(19)12-13-2-3-13/h4-5,9,13,18-19,24-25H,2-3,6-8,10-12H2,1H3/t18-,19+,20?,21+/m0/s1. The molecule has 4 aliphatic rings. The Morgan fingerprint density at radius 3 is 2.88 bits per heavy atom. The maximum Gasteiger partial charge on any atom is 0.162 e. The van der Waals surface area contributed by atoms with Crippen LogP contribution in [-0.4, -0.2) is 58.8 Å². The second kappa shape index (κ2) is 5.54. The summed E-state index contributed by atoms with van der Waals surface area (Å²) in [5.41, 5.74) is 0.607. The number of ketones is 1. The van der Waals surface area contributed by atoms with Crippen molar-refractivity contribution in [2.24, 2.45) is 5.92 Å². The second-order valence-corrected chi connectivity index (χ2v) is 8.80. The SMILES string of the molecule is COc1ccc2c(c1)C13CCN(CC4CC4)[C@H](C2)[C@]1(O)C[C@H](O)C(=O)C3. The van der Waals surface area contributed by atoms with Crippen LogP contribution < -0.4 is 4.74 Å². The van der Waals surface area contributed by atoms with Crippen molar-refractivity contribution in [3.05, 3.63) is 29.3 Å². The first-order valence-electron chi connectivity index (χ1n) is 9.81. The van der Waals surface area contributed by atoms with Crippen molar-refractivity contribution < 1.29 is 19.7 Å². The Hall–Kier alpha value is -1.43. The average molecular weight is 357 g/mol. The van der Waals surface area contributed by atoms with Gasteiger partial charge in [0.1, 0.15) is 11.9 Å². The Morgan fingerprint density at radius 2 is 2.15 bits per heavy atom. The predicted molar refractivity (Wildman–Crippen MR) is 96.3 cm³/mol. The third-order valence-corrected chi connectivity index (χ3v) is 7.43. The quantitative estimate of drug-likeness (QED) is 0.856. The average Bonchev–Trinajstić information content (AvgIpc) is 3.43. The smallest absolute Gasteiger partial charge is 0.162 e. The highest BCUT2D eigenvalue weighted by Gasteiger charge is 2.66. The molecule has 5 nitrogen and oxygen atoms in total. The van der Waals surface area contributed by atoms with Gasteiger partial charge >= 0.3 is 0 Å². The number of nitrogens with zero attached hydrogens (tertiary/aromatic N) is 1. The van der Waals surface area contributed by atoms with E-state index in [0.29, 0.717) is 0 Å². The van der Waals surface area contributed by atoms with Gasteiger partial charge in [-0.15, -0.1) is 0 Å². The molecule has 0 spiro atoms. The Morgan fingerprint density at radius 1 is 1.35 bits per heavy atom. The lowest BCUT2D eigenvalue weighted by Gasteiger charge is -2.64. The highest BCUT2D eigenvalue weighted by molar-refractivity contribution is 5.86. The number of carbonyl (C=O) groups excluding carboxylic acids is 1. The number of benzene rings is 1. The Kier molecular flexibility index (Phi) is 3.56. The lowest BCUT2D eigenvalue weighted by molar-refractivity contribution is -0.189. The van der Waals surface area contributed by atoms with Crippen LogP contribution >= 0.6 is 0 Å². The van der Waals surface area contributed by atoms with E-state index in [-0.39, 0.29) is 24.7 Å². The van der Waals surface area contributed by atoms with Gasteiger partial charge in [-0.05, 0) is 61.4 Å². The van der Waals surface area contributed by atoms with Gasteiger partial charge in [-0.1, -0.05) is 6.07 Å². The molecule has 4 atom stereocenters. The van der Waals surface area contributed by atoms with Crippen molar-refractivity contribution in [3.8, 4) is 5.75 Å². The fraction of sp³-hybridized carbons (Fsp3) is 0.667. The molecule has 26 heavy (non-hydrogen) atoms. The minimum absolute atomic E-state index is 0.0273. The van der Waals surface area contributed by atoms with E-state index < -0.39 is 17.1 Å². The number of piperidine rings is 1. The van der Waals surface area contributed by atoms with Gasteiger partial charge in [-0.2, -0.15) is 0 Å². The molecular weight excluding hydrogens is 330 g/mol. The first-order valence-corrected chi connectivity index (χ1v) is 9.81. The number of aliphatic hydroxyl groups is 2. The number of aliphatic hydroxyl groups excluding tert-OH is 1. The van der Waals surface area contributed by atoms with Crippen molar-refractivity contribution in [3.63, 3.8) is 0 Å². The Bertz CT molecular complexity index is 760. The molecule has 2 saturated carbocycles. The summed E-state index contributed by atoms with van der Waals surface area (Å²) in [6, 6.07) is 6.05.